The Morgan fingerprint density at radius 2 is 2.06 bits per heavy atom. The maximum absolute atomic E-state index is 12.3. The third-order valence-corrected chi connectivity index (χ3v) is 2.42. The Hall–Kier alpha value is -1.77. The van der Waals surface area contributed by atoms with E-state index in [1.165, 1.54) is 12.1 Å². The van der Waals surface area contributed by atoms with Gasteiger partial charge >= 0.3 is 6.36 Å². The van der Waals surface area contributed by atoms with Gasteiger partial charge in [-0.25, -0.2) is 0 Å². The summed E-state index contributed by atoms with van der Waals surface area (Å²) in [6, 6.07) is 4.14. The predicted octanol–water partition coefficient (Wildman–Crippen LogP) is 2.71. The first-order valence-electron chi connectivity index (χ1n) is 4.59. The number of aromatic amines is 1. The first kappa shape index (κ1) is 12.7. The SMILES string of the molecule is Nc1n[nH]c(-c2ccc(Br)cc2OC(F)(F)F)n1. The number of nitrogens with zero attached hydrogens (tertiary/aromatic N) is 2. The molecule has 0 aliphatic rings. The van der Waals surface area contributed by atoms with Crippen molar-refractivity contribution in [2.45, 2.75) is 6.36 Å². The minimum absolute atomic E-state index is 0.0640. The molecule has 18 heavy (non-hydrogen) atoms. The zero-order chi connectivity index (χ0) is 13.3. The Bertz CT molecular complexity index is 569. The van der Waals surface area contributed by atoms with Crippen LogP contribution in [0.5, 0.6) is 5.75 Å². The summed E-state index contributed by atoms with van der Waals surface area (Å²) >= 11 is 3.06. The van der Waals surface area contributed by atoms with E-state index in [0.717, 1.165) is 0 Å². The van der Waals surface area contributed by atoms with Gasteiger partial charge in [0.25, 0.3) is 0 Å². The summed E-state index contributed by atoms with van der Waals surface area (Å²) in [5.41, 5.74) is 5.41. The number of aromatic nitrogens is 3. The van der Waals surface area contributed by atoms with Crippen molar-refractivity contribution in [3.63, 3.8) is 0 Å². The van der Waals surface area contributed by atoms with Gasteiger partial charge in [0, 0.05) is 4.47 Å². The molecule has 2 rings (SSSR count). The summed E-state index contributed by atoms with van der Waals surface area (Å²) in [7, 11) is 0. The molecule has 5 nitrogen and oxygen atoms in total. The molecule has 0 saturated carbocycles. The Balaban J connectivity index is 2.47. The van der Waals surface area contributed by atoms with Crippen LogP contribution in [0.25, 0.3) is 11.4 Å². The molecule has 0 bridgehead atoms. The van der Waals surface area contributed by atoms with E-state index >= 15 is 0 Å². The summed E-state index contributed by atoms with van der Waals surface area (Å²) < 4.78 is 41.2. The van der Waals surface area contributed by atoms with E-state index in [2.05, 4.69) is 35.8 Å². The maximum atomic E-state index is 12.3. The van der Waals surface area contributed by atoms with Crippen molar-refractivity contribution in [3.8, 4) is 17.1 Å². The van der Waals surface area contributed by atoms with Gasteiger partial charge in [-0.3, -0.25) is 5.10 Å². The summed E-state index contributed by atoms with van der Waals surface area (Å²) in [6.07, 6.45) is -4.79. The Labute approximate surface area is 107 Å². The smallest absolute Gasteiger partial charge is 0.405 e. The molecule has 0 amide bonds. The highest BCUT2D eigenvalue weighted by Crippen LogP contribution is 2.34. The summed E-state index contributed by atoms with van der Waals surface area (Å²) in [5, 5.41) is 5.96. The molecule has 0 saturated heterocycles. The third-order valence-electron chi connectivity index (χ3n) is 1.93. The summed E-state index contributed by atoms with van der Waals surface area (Å²) in [6.45, 7) is 0. The lowest BCUT2D eigenvalue weighted by Crippen LogP contribution is -2.17. The zero-order valence-electron chi connectivity index (χ0n) is 8.62. The average molecular weight is 323 g/mol. The van der Waals surface area contributed by atoms with E-state index in [0.29, 0.717) is 4.47 Å². The van der Waals surface area contributed by atoms with Crippen LogP contribution in [0.1, 0.15) is 0 Å². The van der Waals surface area contributed by atoms with Crippen LogP contribution in [0.3, 0.4) is 0 Å². The van der Waals surface area contributed by atoms with Crippen LogP contribution in [0.2, 0.25) is 0 Å². The number of halogens is 4. The molecule has 96 valence electrons. The number of alkyl halides is 3. The lowest BCUT2D eigenvalue weighted by molar-refractivity contribution is -0.274. The lowest BCUT2D eigenvalue weighted by Gasteiger charge is -2.12. The quantitative estimate of drug-likeness (QED) is 0.891. The van der Waals surface area contributed by atoms with Gasteiger partial charge in [0.1, 0.15) is 5.75 Å². The molecule has 0 fully saturated rings. The molecule has 0 atom stereocenters. The van der Waals surface area contributed by atoms with Crippen molar-refractivity contribution in [1.29, 1.82) is 0 Å². The molecule has 2 aromatic rings. The number of H-pyrrole nitrogens is 1. The van der Waals surface area contributed by atoms with Crippen LogP contribution < -0.4 is 10.5 Å². The number of ether oxygens (including phenoxy) is 1. The highest BCUT2D eigenvalue weighted by molar-refractivity contribution is 9.10. The lowest BCUT2D eigenvalue weighted by atomic mass is 10.2. The van der Waals surface area contributed by atoms with E-state index in [9.17, 15) is 13.2 Å². The fourth-order valence-electron chi connectivity index (χ4n) is 1.30. The molecule has 0 radical (unpaired) electrons. The van der Waals surface area contributed by atoms with Gasteiger partial charge in [0.15, 0.2) is 5.82 Å². The van der Waals surface area contributed by atoms with Crippen LogP contribution >= 0.6 is 15.9 Å². The van der Waals surface area contributed by atoms with E-state index in [-0.39, 0.29) is 17.3 Å². The number of hydrogen-bond donors (Lipinski definition) is 2. The summed E-state index contributed by atoms with van der Waals surface area (Å²) in [4.78, 5) is 3.75. The van der Waals surface area contributed by atoms with Gasteiger partial charge < -0.3 is 10.5 Å². The monoisotopic (exact) mass is 322 g/mol. The molecule has 1 aromatic heterocycles. The molecule has 0 aliphatic heterocycles. The van der Waals surface area contributed by atoms with E-state index in [4.69, 9.17) is 5.73 Å². The van der Waals surface area contributed by atoms with Crippen molar-refractivity contribution in [3.05, 3.63) is 22.7 Å². The molecule has 9 heteroatoms. The van der Waals surface area contributed by atoms with Crippen LogP contribution in [0.15, 0.2) is 22.7 Å². The molecule has 0 spiro atoms. The van der Waals surface area contributed by atoms with Crippen molar-refractivity contribution >= 4 is 21.9 Å². The van der Waals surface area contributed by atoms with Crippen LogP contribution in [0, 0.1) is 0 Å². The normalized spacial score (nSPS) is 11.6. The molecule has 1 aromatic carbocycles. The van der Waals surface area contributed by atoms with Gasteiger partial charge in [-0.05, 0) is 18.2 Å². The largest absolute Gasteiger partial charge is 0.573 e. The van der Waals surface area contributed by atoms with Gasteiger partial charge in [0.2, 0.25) is 5.95 Å². The van der Waals surface area contributed by atoms with Gasteiger partial charge in [-0.15, -0.1) is 18.3 Å². The molecule has 3 N–H and O–H groups in total. The van der Waals surface area contributed by atoms with Gasteiger partial charge in [-0.2, -0.15) is 4.98 Å². The zero-order valence-corrected chi connectivity index (χ0v) is 10.2. The Kier molecular flexibility index (Phi) is 3.16. The molecular formula is C9H6BrF3N4O. The molecule has 1 heterocycles. The molecular weight excluding hydrogens is 317 g/mol. The van der Waals surface area contributed by atoms with Crippen molar-refractivity contribution in [2.75, 3.05) is 5.73 Å². The number of benzene rings is 1. The standard InChI is InChI=1S/C9H6BrF3N4O/c10-4-1-2-5(7-15-8(14)17-16-7)6(3-4)18-9(11,12)13/h1-3H,(H3,14,15,16,17). The fraction of sp³-hybridized carbons (Fsp3) is 0.111. The van der Waals surface area contributed by atoms with Crippen molar-refractivity contribution < 1.29 is 17.9 Å². The minimum atomic E-state index is -4.79. The highest BCUT2D eigenvalue weighted by Gasteiger charge is 2.32. The number of anilines is 1. The first-order chi connectivity index (χ1) is 8.35. The van der Waals surface area contributed by atoms with Crippen LogP contribution in [0.4, 0.5) is 19.1 Å². The number of nitrogens with two attached hydrogens (primary N) is 1. The van der Waals surface area contributed by atoms with Gasteiger partial charge in [-0.1, -0.05) is 15.9 Å². The first-order valence-corrected chi connectivity index (χ1v) is 5.38. The van der Waals surface area contributed by atoms with Gasteiger partial charge in [0.05, 0.1) is 5.56 Å². The van der Waals surface area contributed by atoms with Crippen LogP contribution in [-0.4, -0.2) is 21.5 Å². The predicted molar refractivity (Wildman–Crippen MR) is 60.6 cm³/mol. The van der Waals surface area contributed by atoms with Crippen LogP contribution in [-0.2, 0) is 0 Å². The number of nitrogens with one attached hydrogen (secondary N) is 1. The van der Waals surface area contributed by atoms with E-state index in [1.54, 1.807) is 6.07 Å². The fourth-order valence-corrected chi connectivity index (χ4v) is 1.64. The average Bonchev–Trinajstić information content (AvgIpc) is 2.62. The second-order valence-electron chi connectivity index (χ2n) is 3.23. The Morgan fingerprint density at radius 3 is 2.61 bits per heavy atom. The van der Waals surface area contributed by atoms with Crippen molar-refractivity contribution in [2.24, 2.45) is 0 Å². The molecule has 0 aliphatic carbocycles. The second kappa shape index (κ2) is 4.48. The van der Waals surface area contributed by atoms with E-state index in [1.807, 2.05) is 0 Å². The molecule has 0 unspecified atom stereocenters. The highest BCUT2D eigenvalue weighted by atomic mass is 79.9. The third kappa shape index (κ3) is 2.92. The maximum Gasteiger partial charge on any atom is 0.573 e. The summed E-state index contributed by atoms with van der Waals surface area (Å²) in [5.74, 6) is -0.363. The minimum Gasteiger partial charge on any atom is -0.405 e. The number of hydrogen-bond acceptors (Lipinski definition) is 4. The van der Waals surface area contributed by atoms with Crippen molar-refractivity contribution in [1.82, 2.24) is 15.2 Å². The number of nitrogen functional groups attached to an aromatic ring is 1. The Morgan fingerprint density at radius 1 is 1.33 bits per heavy atom. The number of rotatable bonds is 2. The topological polar surface area (TPSA) is 76.8 Å². The second-order valence-corrected chi connectivity index (χ2v) is 4.15. The van der Waals surface area contributed by atoms with E-state index < -0.39 is 12.1 Å².